The van der Waals surface area contributed by atoms with Crippen molar-refractivity contribution in [3.63, 3.8) is 0 Å². The maximum Gasteiger partial charge on any atom is 0.261 e. The fourth-order valence-corrected chi connectivity index (χ4v) is 4.82. The van der Waals surface area contributed by atoms with E-state index in [0.29, 0.717) is 25.3 Å². The number of nitrogens with one attached hydrogen (secondary N) is 2. The Morgan fingerprint density at radius 1 is 0.927 bits per heavy atom. The smallest absolute Gasteiger partial charge is 0.261 e. The lowest BCUT2D eigenvalue weighted by Gasteiger charge is -2.29. The van der Waals surface area contributed by atoms with E-state index in [2.05, 4.69) is 10.0 Å². The molecule has 41 heavy (non-hydrogen) atoms. The average molecular weight is 588 g/mol. The van der Waals surface area contributed by atoms with Crippen LogP contribution in [-0.2, 0) is 30.9 Å². The number of rotatable bonds is 15. The quantitative estimate of drug-likeness (QED) is 0.261. The molecule has 0 aliphatic rings. The molecule has 0 spiro atoms. The van der Waals surface area contributed by atoms with Crippen LogP contribution in [-0.4, -0.2) is 65.2 Å². The molecule has 1 atom stereocenters. The minimum absolute atomic E-state index is 0.0413. The molecule has 2 amide bonds. The zero-order valence-corrected chi connectivity index (χ0v) is 23.9. The molecule has 3 aromatic carbocycles. The van der Waals surface area contributed by atoms with Gasteiger partial charge in [-0.25, -0.2) is 12.8 Å². The highest BCUT2D eigenvalue weighted by molar-refractivity contribution is 7.92. The van der Waals surface area contributed by atoms with Crippen molar-refractivity contribution in [2.75, 3.05) is 38.7 Å². The van der Waals surface area contributed by atoms with E-state index in [0.717, 1.165) is 17.7 Å². The number of amides is 2. The summed E-state index contributed by atoms with van der Waals surface area (Å²) in [6, 6.07) is 16.8. The summed E-state index contributed by atoms with van der Waals surface area (Å²) in [5.41, 5.74) is 1.01. The first-order valence-corrected chi connectivity index (χ1v) is 14.3. The van der Waals surface area contributed by atoms with Crippen molar-refractivity contribution in [1.29, 1.82) is 0 Å². The summed E-state index contributed by atoms with van der Waals surface area (Å²) in [7, 11) is -0.786. The number of hydrogen-bond acceptors (Lipinski definition) is 7. The minimum Gasteiger partial charge on any atom is -0.497 e. The van der Waals surface area contributed by atoms with Crippen LogP contribution in [0.1, 0.15) is 18.9 Å². The van der Waals surface area contributed by atoms with Crippen molar-refractivity contribution < 1.29 is 36.6 Å². The molecule has 0 aliphatic heterocycles. The van der Waals surface area contributed by atoms with Crippen LogP contribution in [0.3, 0.4) is 0 Å². The molecular formula is C29H34FN3O7S. The fourth-order valence-electron chi connectivity index (χ4n) is 3.76. The fraction of sp³-hybridized carbons (Fsp3) is 0.310. The van der Waals surface area contributed by atoms with Crippen LogP contribution in [0.2, 0.25) is 0 Å². The van der Waals surface area contributed by atoms with Crippen molar-refractivity contribution >= 4 is 27.5 Å². The van der Waals surface area contributed by atoms with Gasteiger partial charge in [0.25, 0.3) is 15.9 Å². The highest BCUT2D eigenvalue weighted by Crippen LogP contribution is 2.20. The van der Waals surface area contributed by atoms with Gasteiger partial charge in [0.15, 0.2) is 6.61 Å². The molecule has 0 fully saturated rings. The Kier molecular flexibility index (Phi) is 11.5. The van der Waals surface area contributed by atoms with E-state index >= 15 is 0 Å². The largest absolute Gasteiger partial charge is 0.497 e. The van der Waals surface area contributed by atoms with Crippen LogP contribution in [0, 0.1) is 5.82 Å². The maximum atomic E-state index is 13.3. The molecule has 220 valence electrons. The van der Waals surface area contributed by atoms with Gasteiger partial charge in [0.2, 0.25) is 5.91 Å². The Bertz CT molecular complexity index is 1380. The number of carbonyl (C=O) groups excluding carboxylic acids is 2. The Labute approximate surface area is 239 Å². The van der Waals surface area contributed by atoms with Crippen LogP contribution < -0.4 is 19.5 Å². The van der Waals surface area contributed by atoms with Crippen molar-refractivity contribution in [3.8, 4) is 11.5 Å². The first-order valence-electron chi connectivity index (χ1n) is 12.8. The highest BCUT2D eigenvalue weighted by Gasteiger charge is 2.26. The molecule has 1 unspecified atom stereocenters. The Morgan fingerprint density at radius 3 is 2.17 bits per heavy atom. The molecule has 3 rings (SSSR count). The van der Waals surface area contributed by atoms with Gasteiger partial charge in [0, 0.05) is 32.5 Å². The summed E-state index contributed by atoms with van der Waals surface area (Å²) in [6.07, 6.45) is 0.635. The van der Waals surface area contributed by atoms with Crippen molar-refractivity contribution in [2.45, 2.75) is 30.8 Å². The summed E-state index contributed by atoms with van der Waals surface area (Å²) in [5, 5.41) is 2.82. The number of hydrogen-bond donors (Lipinski definition) is 2. The lowest BCUT2D eigenvalue weighted by molar-refractivity contribution is -0.142. The van der Waals surface area contributed by atoms with Crippen molar-refractivity contribution in [3.05, 3.63) is 84.2 Å². The molecule has 3 aromatic rings. The van der Waals surface area contributed by atoms with E-state index in [9.17, 15) is 22.4 Å². The van der Waals surface area contributed by atoms with Gasteiger partial charge < -0.3 is 24.4 Å². The van der Waals surface area contributed by atoms with Crippen LogP contribution >= 0.6 is 0 Å². The Hall–Kier alpha value is -4.16. The van der Waals surface area contributed by atoms with Gasteiger partial charge in [-0.3, -0.25) is 14.3 Å². The summed E-state index contributed by atoms with van der Waals surface area (Å²) in [4.78, 5) is 27.4. The van der Waals surface area contributed by atoms with Crippen LogP contribution in [0.4, 0.5) is 10.1 Å². The first kappa shape index (κ1) is 31.4. The highest BCUT2D eigenvalue weighted by atomic mass is 32.2. The monoisotopic (exact) mass is 587 g/mol. The molecule has 0 aliphatic carbocycles. The standard InChI is InChI=1S/C29H34FN3O7S/c1-21(29(35)31-17-4-18-38-2)33(19-22-5-11-25(39-3)12-6-22)28(34)20-40-26-13-15-27(16-14-26)41(36,37)32-24-9-7-23(30)8-10-24/h5-16,21,32H,4,17-20H2,1-3H3,(H,31,35). The van der Waals surface area contributed by atoms with E-state index < -0.39 is 27.8 Å². The number of anilines is 1. The molecule has 10 nitrogen and oxygen atoms in total. The molecular weight excluding hydrogens is 553 g/mol. The van der Waals surface area contributed by atoms with Gasteiger partial charge in [-0.15, -0.1) is 0 Å². The number of sulfonamides is 1. The zero-order valence-electron chi connectivity index (χ0n) is 23.1. The lowest BCUT2D eigenvalue weighted by Crippen LogP contribution is -2.49. The molecule has 2 N–H and O–H groups in total. The van der Waals surface area contributed by atoms with Crippen molar-refractivity contribution in [2.24, 2.45) is 0 Å². The number of ether oxygens (including phenoxy) is 3. The summed E-state index contributed by atoms with van der Waals surface area (Å²) >= 11 is 0. The van der Waals surface area contributed by atoms with Gasteiger partial charge in [0.05, 0.1) is 12.0 Å². The van der Waals surface area contributed by atoms with E-state index in [1.54, 1.807) is 33.3 Å². The third-order valence-electron chi connectivity index (χ3n) is 6.10. The van der Waals surface area contributed by atoms with E-state index in [1.165, 1.54) is 41.3 Å². The maximum absolute atomic E-state index is 13.3. The van der Waals surface area contributed by atoms with Crippen LogP contribution in [0.15, 0.2) is 77.7 Å². The van der Waals surface area contributed by atoms with Gasteiger partial charge >= 0.3 is 0 Å². The number of halogens is 1. The lowest BCUT2D eigenvalue weighted by atomic mass is 10.1. The molecule has 0 radical (unpaired) electrons. The van der Waals surface area contributed by atoms with Crippen LogP contribution in [0.5, 0.6) is 11.5 Å². The minimum atomic E-state index is -3.92. The number of benzene rings is 3. The van der Waals surface area contributed by atoms with E-state index in [1.807, 2.05) is 12.1 Å². The second-order valence-electron chi connectivity index (χ2n) is 9.06. The predicted molar refractivity (Wildman–Crippen MR) is 152 cm³/mol. The van der Waals surface area contributed by atoms with E-state index in [4.69, 9.17) is 14.2 Å². The topological polar surface area (TPSA) is 123 Å². The normalized spacial score (nSPS) is 11.8. The van der Waals surface area contributed by atoms with Gasteiger partial charge in [0.1, 0.15) is 23.4 Å². The summed E-state index contributed by atoms with van der Waals surface area (Å²) in [6.45, 7) is 2.33. The van der Waals surface area contributed by atoms with Gasteiger partial charge in [-0.05, 0) is 79.6 Å². The third-order valence-corrected chi connectivity index (χ3v) is 7.49. The van der Waals surface area contributed by atoms with Gasteiger partial charge in [-0.2, -0.15) is 0 Å². The molecule has 12 heteroatoms. The second-order valence-corrected chi connectivity index (χ2v) is 10.7. The number of carbonyl (C=O) groups is 2. The molecule has 0 saturated carbocycles. The zero-order chi connectivity index (χ0) is 29.8. The summed E-state index contributed by atoms with van der Waals surface area (Å²) in [5.74, 6) is -0.303. The molecule has 0 saturated heterocycles. The van der Waals surface area contributed by atoms with Crippen LogP contribution in [0.25, 0.3) is 0 Å². The SMILES string of the molecule is COCCCNC(=O)C(C)N(Cc1ccc(OC)cc1)C(=O)COc1ccc(S(=O)(=O)Nc2ccc(F)cc2)cc1. The summed E-state index contributed by atoms with van der Waals surface area (Å²) < 4.78 is 56.7. The number of methoxy groups -OCH3 is 2. The predicted octanol–water partition coefficient (Wildman–Crippen LogP) is 3.58. The second kappa shape index (κ2) is 15.0. The molecule has 0 heterocycles. The first-order chi connectivity index (χ1) is 19.6. The average Bonchev–Trinajstić information content (AvgIpc) is 2.98. The molecule has 0 bridgehead atoms. The van der Waals surface area contributed by atoms with E-state index in [-0.39, 0.29) is 35.4 Å². The van der Waals surface area contributed by atoms with Gasteiger partial charge in [-0.1, -0.05) is 12.1 Å². The number of nitrogens with zero attached hydrogens (tertiary/aromatic N) is 1. The Balaban J connectivity index is 1.67. The Morgan fingerprint density at radius 2 is 1.56 bits per heavy atom. The third kappa shape index (κ3) is 9.47. The molecule has 0 aromatic heterocycles. The van der Waals surface area contributed by atoms with Crippen molar-refractivity contribution in [1.82, 2.24) is 10.2 Å².